The molecule has 1 atom stereocenters. The van der Waals surface area contributed by atoms with Crippen LogP contribution in [0.15, 0.2) is 24.3 Å². The summed E-state index contributed by atoms with van der Waals surface area (Å²) in [6.45, 7) is 2.30. The van der Waals surface area contributed by atoms with Gasteiger partial charge in [-0.15, -0.1) is 0 Å². The molecular formula is C12H15N3O. The lowest BCUT2D eigenvalue weighted by Gasteiger charge is -2.11. The summed E-state index contributed by atoms with van der Waals surface area (Å²) in [6.07, 6.45) is 0.639. The summed E-state index contributed by atoms with van der Waals surface area (Å²) < 4.78 is 0. The van der Waals surface area contributed by atoms with Gasteiger partial charge in [0.25, 0.3) is 0 Å². The minimum atomic E-state index is -0.142. The van der Waals surface area contributed by atoms with Crippen molar-refractivity contribution >= 4 is 11.6 Å². The first-order valence-electron chi connectivity index (χ1n) is 5.19. The zero-order chi connectivity index (χ0) is 12.0. The first-order valence-corrected chi connectivity index (χ1v) is 5.19. The van der Waals surface area contributed by atoms with Gasteiger partial charge >= 0.3 is 0 Å². The molecule has 0 saturated carbocycles. The first kappa shape index (κ1) is 12.2. The van der Waals surface area contributed by atoms with Crippen LogP contribution in [-0.4, -0.2) is 12.5 Å². The number of para-hydroxylation sites is 1. The second kappa shape index (κ2) is 5.89. The Morgan fingerprint density at radius 3 is 2.88 bits per heavy atom. The van der Waals surface area contributed by atoms with E-state index in [-0.39, 0.29) is 11.8 Å². The third kappa shape index (κ3) is 3.07. The topological polar surface area (TPSA) is 78.9 Å². The van der Waals surface area contributed by atoms with E-state index in [4.69, 9.17) is 11.0 Å². The van der Waals surface area contributed by atoms with Gasteiger partial charge in [0.2, 0.25) is 5.91 Å². The number of benzene rings is 1. The zero-order valence-corrected chi connectivity index (χ0v) is 9.23. The van der Waals surface area contributed by atoms with E-state index in [9.17, 15) is 4.79 Å². The van der Waals surface area contributed by atoms with E-state index < -0.39 is 0 Å². The van der Waals surface area contributed by atoms with Crippen molar-refractivity contribution in [1.82, 2.24) is 0 Å². The smallest absolute Gasteiger partial charge is 0.227 e. The highest BCUT2D eigenvalue weighted by atomic mass is 16.1. The number of carbonyl (C=O) groups is 1. The molecule has 0 aromatic heterocycles. The van der Waals surface area contributed by atoms with Crippen LogP contribution in [0.1, 0.15) is 18.9 Å². The van der Waals surface area contributed by atoms with Gasteiger partial charge < -0.3 is 11.1 Å². The van der Waals surface area contributed by atoms with E-state index in [2.05, 4.69) is 5.32 Å². The van der Waals surface area contributed by atoms with Crippen LogP contribution in [0.5, 0.6) is 0 Å². The molecule has 16 heavy (non-hydrogen) atoms. The van der Waals surface area contributed by atoms with Crippen LogP contribution in [0.4, 0.5) is 5.69 Å². The summed E-state index contributed by atoms with van der Waals surface area (Å²) in [4.78, 5) is 11.7. The molecule has 4 heteroatoms. The number of nitriles is 1. The second-order valence-corrected chi connectivity index (χ2v) is 3.63. The van der Waals surface area contributed by atoms with Gasteiger partial charge in [-0.2, -0.15) is 5.26 Å². The molecule has 0 fully saturated rings. The van der Waals surface area contributed by atoms with Gasteiger partial charge in [-0.1, -0.05) is 19.1 Å². The van der Waals surface area contributed by atoms with Gasteiger partial charge in [0.1, 0.15) is 6.07 Å². The van der Waals surface area contributed by atoms with Crippen molar-refractivity contribution in [2.75, 3.05) is 11.9 Å². The van der Waals surface area contributed by atoms with Crippen LogP contribution in [0, 0.1) is 17.2 Å². The highest BCUT2D eigenvalue weighted by Gasteiger charge is 2.13. The monoisotopic (exact) mass is 217 g/mol. The van der Waals surface area contributed by atoms with Gasteiger partial charge in [-0.3, -0.25) is 4.79 Å². The Bertz CT molecular complexity index is 409. The summed E-state index contributed by atoms with van der Waals surface area (Å²) in [5.41, 5.74) is 6.41. The molecule has 0 aliphatic heterocycles. The molecule has 3 N–H and O–H groups in total. The maximum atomic E-state index is 11.7. The van der Waals surface area contributed by atoms with Gasteiger partial charge in [0.05, 0.1) is 11.3 Å². The third-order valence-corrected chi connectivity index (χ3v) is 2.35. The largest absolute Gasteiger partial charge is 0.330 e. The van der Waals surface area contributed by atoms with Crippen LogP contribution in [0.2, 0.25) is 0 Å². The Morgan fingerprint density at radius 1 is 1.56 bits per heavy atom. The lowest BCUT2D eigenvalue weighted by Crippen LogP contribution is -2.23. The van der Waals surface area contributed by atoms with Gasteiger partial charge in [-0.25, -0.2) is 0 Å². The fraction of sp³-hybridized carbons (Fsp3) is 0.333. The molecule has 0 aliphatic carbocycles. The highest BCUT2D eigenvalue weighted by molar-refractivity contribution is 5.93. The molecule has 0 aliphatic rings. The Hall–Kier alpha value is -1.86. The van der Waals surface area contributed by atoms with Crippen molar-refractivity contribution in [3.8, 4) is 6.07 Å². The molecule has 1 amide bonds. The van der Waals surface area contributed by atoms with E-state index in [1.807, 2.05) is 13.0 Å². The Kier molecular flexibility index (Phi) is 4.49. The lowest BCUT2D eigenvalue weighted by atomic mass is 10.1. The third-order valence-electron chi connectivity index (χ3n) is 2.35. The quantitative estimate of drug-likeness (QED) is 0.801. The van der Waals surface area contributed by atoms with Gasteiger partial charge in [0, 0.05) is 5.92 Å². The van der Waals surface area contributed by atoms with Crippen molar-refractivity contribution in [1.29, 1.82) is 5.26 Å². The number of nitrogens with zero attached hydrogens (tertiary/aromatic N) is 1. The predicted molar refractivity (Wildman–Crippen MR) is 62.6 cm³/mol. The van der Waals surface area contributed by atoms with E-state index >= 15 is 0 Å². The molecule has 0 heterocycles. The fourth-order valence-electron chi connectivity index (χ4n) is 1.33. The standard InChI is InChI=1S/C12H15N3O/c1-9(6-7-13)12(16)15-11-5-3-2-4-10(11)8-14/h2-5,9H,6-7,13H2,1H3,(H,15,16). The second-order valence-electron chi connectivity index (χ2n) is 3.63. The van der Waals surface area contributed by atoms with Crippen molar-refractivity contribution in [2.45, 2.75) is 13.3 Å². The van der Waals surface area contributed by atoms with E-state index in [0.29, 0.717) is 24.2 Å². The number of rotatable bonds is 4. The SMILES string of the molecule is CC(CCN)C(=O)Nc1ccccc1C#N. The van der Waals surface area contributed by atoms with Crippen molar-refractivity contribution in [2.24, 2.45) is 11.7 Å². The molecule has 1 rings (SSSR count). The molecule has 1 aromatic carbocycles. The number of amides is 1. The first-order chi connectivity index (χ1) is 7.69. The molecule has 0 saturated heterocycles. The van der Waals surface area contributed by atoms with E-state index in [1.54, 1.807) is 24.3 Å². The zero-order valence-electron chi connectivity index (χ0n) is 9.23. The van der Waals surface area contributed by atoms with Gasteiger partial charge in [0.15, 0.2) is 0 Å². The number of hydrogen-bond acceptors (Lipinski definition) is 3. The van der Waals surface area contributed by atoms with Gasteiger partial charge in [-0.05, 0) is 25.1 Å². The van der Waals surface area contributed by atoms with E-state index in [1.165, 1.54) is 0 Å². The Morgan fingerprint density at radius 2 is 2.25 bits per heavy atom. The molecule has 1 unspecified atom stereocenters. The molecule has 1 aromatic rings. The fourth-order valence-corrected chi connectivity index (χ4v) is 1.33. The number of anilines is 1. The van der Waals surface area contributed by atoms with Crippen molar-refractivity contribution < 1.29 is 4.79 Å². The van der Waals surface area contributed by atoms with Crippen LogP contribution < -0.4 is 11.1 Å². The molecular weight excluding hydrogens is 202 g/mol. The molecule has 84 valence electrons. The molecule has 0 spiro atoms. The Labute approximate surface area is 95.1 Å². The average Bonchev–Trinajstić information content (AvgIpc) is 2.30. The number of nitrogens with one attached hydrogen (secondary N) is 1. The van der Waals surface area contributed by atoms with Crippen LogP contribution in [0.3, 0.4) is 0 Å². The van der Waals surface area contributed by atoms with Crippen LogP contribution in [0.25, 0.3) is 0 Å². The van der Waals surface area contributed by atoms with Crippen LogP contribution in [-0.2, 0) is 4.79 Å². The molecule has 0 radical (unpaired) electrons. The maximum Gasteiger partial charge on any atom is 0.227 e. The lowest BCUT2D eigenvalue weighted by molar-refractivity contribution is -0.119. The summed E-state index contributed by atoms with van der Waals surface area (Å²) >= 11 is 0. The number of carbonyl (C=O) groups excluding carboxylic acids is 1. The molecule has 0 bridgehead atoms. The minimum Gasteiger partial charge on any atom is -0.330 e. The van der Waals surface area contributed by atoms with E-state index in [0.717, 1.165) is 0 Å². The molecule has 4 nitrogen and oxygen atoms in total. The normalized spacial score (nSPS) is 11.6. The van der Waals surface area contributed by atoms with Crippen molar-refractivity contribution in [3.05, 3.63) is 29.8 Å². The highest BCUT2D eigenvalue weighted by Crippen LogP contribution is 2.15. The minimum absolute atomic E-state index is 0.104. The average molecular weight is 217 g/mol. The summed E-state index contributed by atoms with van der Waals surface area (Å²) in [7, 11) is 0. The number of nitrogens with two attached hydrogens (primary N) is 1. The summed E-state index contributed by atoms with van der Waals surface area (Å²) in [5, 5.41) is 11.6. The maximum absolute atomic E-state index is 11.7. The van der Waals surface area contributed by atoms with Crippen molar-refractivity contribution in [3.63, 3.8) is 0 Å². The summed E-state index contributed by atoms with van der Waals surface area (Å²) in [5.74, 6) is -0.245. The van der Waals surface area contributed by atoms with Crippen LogP contribution >= 0.6 is 0 Å². The predicted octanol–water partition coefficient (Wildman–Crippen LogP) is 1.48. The number of hydrogen-bond donors (Lipinski definition) is 2. The summed E-state index contributed by atoms with van der Waals surface area (Å²) in [6, 6.07) is 8.96. The Balaban J connectivity index is 2.74.